The predicted molar refractivity (Wildman–Crippen MR) is 111 cm³/mol. The lowest BCUT2D eigenvalue weighted by atomic mass is 10.0. The van der Waals surface area contributed by atoms with Crippen LogP contribution in [0.15, 0.2) is 36.0 Å². The molecule has 1 heterocycles. The van der Waals surface area contributed by atoms with Gasteiger partial charge in [0.05, 0.1) is 11.3 Å². The molecule has 0 aliphatic heterocycles. The molecule has 0 atom stereocenters. The molecule has 0 bridgehead atoms. The van der Waals surface area contributed by atoms with Gasteiger partial charge in [0.2, 0.25) is 5.90 Å². The molecule has 2 rings (SSSR count). The highest BCUT2D eigenvalue weighted by molar-refractivity contribution is 5.97. The monoisotopic (exact) mass is 368 g/mol. The quantitative estimate of drug-likeness (QED) is 0.461. The summed E-state index contributed by atoms with van der Waals surface area (Å²) in [6, 6.07) is 5.66. The second-order valence-corrected chi connectivity index (χ2v) is 6.51. The molecular formula is C21H28N4O2. The molecule has 0 radical (unpaired) electrons. The molecule has 0 spiro atoms. The van der Waals surface area contributed by atoms with Crippen molar-refractivity contribution in [1.29, 1.82) is 0 Å². The van der Waals surface area contributed by atoms with Gasteiger partial charge in [-0.15, -0.1) is 0 Å². The standard InChI is InChI=1S/C21H28N4O2/c1-7-16-11-17(9-13(3)19(16)26)15(5)24-21(27-22)18-10-14(4)20(23-12-18)25(6)8-2/h9-12,26H,5,7-8,22H2,1-4,6H3/b24-21-. The van der Waals surface area contributed by atoms with Gasteiger partial charge in [0.1, 0.15) is 11.6 Å². The van der Waals surface area contributed by atoms with Crippen molar-refractivity contribution >= 4 is 17.4 Å². The number of hydrogen-bond donors (Lipinski definition) is 2. The maximum atomic E-state index is 10.1. The van der Waals surface area contributed by atoms with Gasteiger partial charge >= 0.3 is 0 Å². The van der Waals surface area contributed by atoms with Gasteiger partial charge in [-0.1, -0.05) is 13.5 Å². The van der Waals surface area contributed by atoms with E-state index in [0.717, 1.165) is 34.6 Å². The number of phenolic OH excluding ortho intramolecular Hbond substituents is 1. The Labute approximate surface area is 161 Å². The largest absolute Gasteiger partial charge is 0.507 e. The highest BCUT2D eigenvalue weighted by Crippen LogP contribution is 2.28. The Hall–Kier alpha value is -2.86. The smallest absolute Gasteiger partial charge is 0.246 e. The average Bonchev–Trinajstić information content (AvgIpc) is 2.67. The molecule has 0 saturated heterocycles. The minimum Gasteiger partial charge on any atom is -0.507 e. The van der Waals surface area contributed by atoms with Crippen LogP contribution < -0.4 is 10.8 Å². The third kappa shape index (κ3) is 4.46. The van der Waals surface area contributed by atoms with Gasteiger partial charge in [-0.2, -0.15) is 5.90 Å². The summed E-state index contributed by atoms with van der Waals surface area (Å²) in [5.74, 6) is 6.92. The minimum absolute atomic E-state index is 0.241. The van der Waals surface area contributed by atoms with E-state index in [1.807, 2.05) is 46.0 Å². The van der Waals surface area contributed by atoms with Gasteiger partial charge in [-0.25, -0.2) is 9.98 Å². The third-order valence-corrected chi connectivity index (χ3v) is 4.58. The number of rotatable bonds is 6. The van der Waals surface area contributed by atoms with E-state index in [1.165, 1.54) is 0 Å². The van der Waals surface area contributed by atoms with Crippen LogP contribution in [0.2, 0.25) is 0 Å². The topological polar surface area (TPSA) is 84.0 Å². The fourth-order valence-corrected chi connectivity index (χ4v) is 2.87. The maximum Gasteiger partial charge on any atom is 0.246 e. The number of aryl methyl sites for hydroxylation is 3. The molecule has 2 aromatic rings. The Kier molecular flexibility index (Phi) is 6.58. The number of phenols is 1. The van der Waals surface area contributed by atoms with Crippen LogP contribution >= 0.6 is 0 Å². The lowest BCUT2D eigenvalue weighted by Gasteiger charge is -2.18. The van der Waals surface area contributed by atoms with Crippen LogP contribution in [0.1, 0.15) is 41.7 Å². The summed E-state index contributed by atoms with van der Waals surface area (Å²) in [5.41, 5.74) is 4.61. The second kappa shape index (κ2) is 8.68. The summed E-state index contributed by atoms with van der Waals surface area (Å²) in [6.07, 6.45) is 2.40. The molecule has 144 valence electrons. The van der Waals surface area contributed by atoms with Crippen molar-refractivity contribution in [3.05, 3.63) is 58.8 Å². The van der Waals surface area contributed by atoms with Crippen molar-refractivity contribution in [2.45, 2.75) is 34.1 Å². The molecule has 0 amide bonds. The summed E-state index contributed by atoms with van der Waals surface area (Å²) < 4.78 is 0. The summed E-state index contributed by atoms with van der Waals surface area (Å²) in [5, 5.41) is 10.1. The summed E-state index contributed by atoms with van der Waals surface area (Å²) in [7, 11) is 1.99. The first-order valence-corrected chi connectivity index (χ1v) is 8.97. The molecule has 6 nitrogen and oxygen atoms in total. The van der Waals surface area contributed by atoms with Crippen LogP contribution in [0.3, 0.4) is 0 Å². The average molecular weight is 368 g/mol. The van der Waals surface area contributed by atoms with Gasteiger partial charge in [0.15, 0.2) is 0 Å². The number of hydrogen-bond acceptors (Lipinski definition) is 6. The predicted octanol–water partition coefficient (Wildman–Crippen LogP) is 3.73. The van der Waals surface area contributed by atoms with Crippen molar-refractivity contribution in [2.24, 2.45) is 10.9 Å². The fourth-order valence-electron chi connectivity index (χ4n) is 2.87. The molecular weight excluding hydrogens is 340 g/mol. The number of aromatic hydroxyl groups is 1. The van der Waals surface area contributed by atoms with Crippen LogP contribution in [-0.2, 0) is 11.3 Å². The van der Waals surface area contributed by atoms with E-state index in [-0.39, 0.29) is 5.90 Å². The highest BCUT2D eigenvalue weighted by Gasteiger charge is 2.13. The van der Waals surface area contributed by atoms with Gasteiger partial charge in [0.25, 0.3) is 0 Å². The number of pyridine rings is 1. The molecule has 27 heavy (non-hydrogen) atoms. The SMILES string of the molecule is C=C(/N=C(\ON)c1cnc(N(C)CC)c(C)c1)c1cc(C)c(O)c(CC)c1. The first-order chi connectivity index (χ1) is 12.8. The minimum atomic E-state index is 0.241. The number of aliphatic imine (C=N–C) groups is 1. The Morgan fingerprint density at radius 1 is 1.22 bits per heavy atom. The molecule has 0 aliphatic rings. The Morgan fingerprint density at radius 3 is 2.44 bits per heavy atom. The number of nitrogens with two attached hydrogens (primary N) is 1. The lowest BCUT2D eigenvalue weighted by molar-refractivity contribution is 0.322. The van der Waals surface area contributed by atoms with E-state index < -0.39 is 0 Å². The number of aromatic nitrogens is 1. The van der Waals surface area contributed by atoms with Crippen LogP contribution in [-0.4, -0.2) is 29.6 Å². The Bertz CT molecular complexity index is 875. The third-order valence-electron chi connectivity index (χ3n) is 4.58. The first-order valence-electron chi connectivity index (χ1n) is 8.97. The van der Waals surface area contributed by atoms with Crippen LogP contribution in [0.5, 0.6) is 5.75 Å². The van der Waals surface area contributed by atoms with E-state index in [0.29, 0.717) is 23.4 Å². The van der Waals surface area contributed by atoms with Crippen molar-refractivity contribution in [3.8, 4) is 5.75 Å². The summed E-state index contributed by atoms with van der Waals surface area (Å²) >= 11 is 0. The van der Waals surface area contributed by atoms with E-state index in [1.54, 1.807) is 6.20 Å². The van der Waals surface area contributed by atoms with Crippen molar-refractivity contribution in [1.82, 2.24) is 4.98 Å². The van der Waals surface area contributed by atoms with E-state index in [2.05, 4.69) is 28.4 Å². The van der Waals surface area contributed by atoms with Gasteiger partial charge in [-0.3, -0.25) is 0 Å². The molecule has 6 heteroatoms. The van der Waals surface area contributed by atoms with Crippen molar-refractivity contribution in [3.63, 3.8) is 0 Å². The zero-order valence-corrected chi connectivity index (χ0v) is 16.7. The molecule has 0 fully saturated rings. The van der Waals surface area contributed by atoms with Gasteiger partial charge in [-0.05, 0) is 62.1 Å². The molecule has 0 aliphatic carbocycles. The highest BCUT2D eigenvalue weighted by atomic mass is 16.6. The van der Waals surface area contributed by atoms with Crippen LogP contribution in [0.25, 0.3) is 5.70 Å². The second-order valence-electron chi connectivity index (χ2n) is 6.51. The fraction of sp³-hybridized carbons (Fsp3) is 0.333. The van der Waals surface area contributed by atoms with E-state index in [4.69, 9.17) is 10.7 Å². The molecule has 3 N–H and O–H groups in total. The van der Waals surface area contributed by atoms with Gasteiger partial charge in [0, 0.05) is 25.4 Å². The molecule has 0 saturated carbocycles. The summed E-state index contributed by atoms with van der Waals surface area (Å²) in [4.78, 5) is 16.0. The van der Waals surface area contributed by atoms with Crippen LogP contribution in [0.4, 0.5) is 5.82 Å². The van der Waals surface area contributed by atoms with Crippen molar-refractivity contribution in [2.75, 3.05) is 18.5 Å². The van der Waals surface area contributed by atoms with E-state index >= 15 is 0 Å². The molecule has 1 aromatic carbocycles. The van der Waals surface area contributed by atoms with Crippen molar-refractivity contribution < 1.29 is 9.94 Å². The molecule has 1 aromatic heterocycles. The number of anilines is 1. The Balaban J connectivity index is 2.40. The van der Waals surface area contributed by atoms with Crippen LogP contribution in [0, 0.1) is 13.8 Å². The summed E-state index contributed by atoms with van der Waals surface area (Å²) in [6.45, 7) is 12.8. The number of benzene rings is 1. The number of nitrogens with zero attached hydrogens (tertiary/aromatic N) is 3. The lowest BCUT2D eigenvalue weighted by Crippen LogP contribution is -2.19. The first kappa shape index (κ1) is 20.5. The normalized spacial score (nSPS) is 11.4. The zero-order chi connectivity index (χ0) is 20.1. The zero-order valence-electron chi connectivity index (χ0n) is 16.7. The molecule has 0 unspecified atom stereocenters. The Morgan fingerprint density at radius 2 is 1.89 bits per heavy atom. The maximum absolute atomic E-state index is 10.1. The van der Waals surface area contributed by atoms with Gasteiger partial charge < -0.3 is 14.8 Å². The van der Waals surface area contributed by atoms with E-state index in [9.17, 15) is 5.11 Å².